The lowest BCUT2D eigenvalue weighted by Crippen LogP contribution is -2.35. The van der Waals surface area contributed by atoms with Gasteiger partial charge in [0.2, 0.25) is 5.82 Å². The minimum Gasteiger partial charge on any atom is -0.334 e. The van der Waals surface area contributed by atoms with Crippen LogP contribution in [0.3, 0.4) is 0 Å². The van der Waals surface area contributed by atoms with Crippen molar-refractivity contribution in [3.05, 3.63) is 99.2 Å². The Hall–Kier alpha value is -3.91. The van der Waals surface area contributed by atoms with Crippen LogP contribution in [0, 0.1) is 0 Å². The smallest absolute Gasteiger partial charge is 0.328 e. The van der Waals surface area contributed by atoms with Crippen LogP contribution < -0.4 is 11.2 Å². The first-order valence-electron chi connectivity index (χ1n) is 10.9. The highest BCUT2D eigenvalue weighted by atomic mass is 32.2. The van der Waals surface area contributed by atoms with Crippen molar-refractivity contribution in [2.24, 2.45) is 0 Å². The van der Waals surface area contributed by atoms with Crippen LogP contribution in [-0.2, 0) is 13.0 Å². The monoisotopic (exact) mass is 470 g/mol. The zero-order valence-corrected chi connectivity index (χ0v) is 19.3. The molecule has 0 aliphatic rings. The van der Waals surface area contributed by atoms with E-state index in [0.29, 0.717) is 41.1 Å². The van der Waals surface area contributed by atoms with Gasteiger partial charge >= 0.3 is 5.69 Å². The fourth-order valence-corrected chi connectivity index (χ4v) is 4.28. The maximum Gasteiger partial charge on any atom is 0.328 e. The van der Waals surface area contributed by atoms with Gasteiger partial charge in [0, 0.05) is 22.6 Å². The number of nitrogens with zero attached hydrogens (tertiary/aromatic N) is 3. The van der Waals surface area contributed by atoms with Gasteiger partial charge in [0.1, 0.15) is 0 Å². The first kappa shape index (κ1) is 21.9. The molecule has 0 spiro atoms. The summed E-state index contributed by atoms with van der Waals surface area (Å²) in [7, 11) is 0. The molecule has 0 aliphatic carbocycles. The Morgan fingerprint density at radius 3 is 2.50 bits per heavy atom. The molecule has 3 aromatic carbocycles. The Morgan fingerprint density at radius 2 is 1.74 bits per heavy atom. The number of thioether (sulfide) groups is 1. The molecule has 0 aliphatic heterocycles. The number of aromatic nitrogens is 4. The molecule has 170 valence electrons. The molecule has 0 radical (unpaired) electrons. The van der Waals surface area contributed by atoms with Crippen LogP contribution in [-0.4, -0.2) is 25.9 Å². The lowest BCUT2D eigenvalue weighted by Gasteiger charge is -2.07. The molecule has 0 bridgehead atoms. The van der Waals surface area contributed by atoms with Gasteiger partial charge in [-0.3, -0.25) is 9.36 Å². The molecule has 1 N–H and O–H groups in total. The number of rotatable bonds is 7. The van der Waals surface area contributed by atoms with E-state index < -0.39 is 5.69 Å². The molecular weight excluding hydrogens is 448 g/mol. The van der Waals surface area contributed by atoms with E-state index in [-0.39, 0.29) is 5.56 Å². The fraction of sp³-hybridized carbons (Fsp3) is 0.154. The predicted molar refractivity (Wildman–Crippen MR) is 134 cm³/mol. The quantitative estimate of drug-likeness (QED) is 0.345. The van der Waals surface area contributed by atoms with E-state index in [1.807, 2.05) is 60.9 Å². The van der Waals surface area contributed by atoms with Gasteiger partial charge in [0.05, 0.1) is 10.9 Å². The number of hydrogen-bond donors (Lipinski definition) is 1. The van der Waals surface area contributed by atoms with Crippen molar-refractivity contribution in [2.45, 2.75) is 24.3 Å². The van der Waals surface area contributed by atoms with E-state index in [2.05, 4.69) is 15.1 Å². The molecule has 2 aromatic heterocycles. The van der Waals surface area contributed by atoms with Crippen molar-refractivity contribution >= 4 is 22.7 Å². The molecule has 0 atom stereocenters. The summed E-state index contributed by atoms with van der Waals surface area (Å²) in [5.41, 5.74) is 2.36. The summed E-state index contributed by atoms with van der Waals surface area (Å²) in [6.45, 7) is 0.350. The predicted octanol–water partition coefficient (Wildman–Crippen LogP) is 4.76. The largest absolute Gasteiger partial charge is 0.334 e. The van der Waals surface area contributed by atoms with Crippen LogP contribution in [0.5, 0.6) is 0 Å². The molecule has 0 fully saturated rings. The van der Waals surface area contributed by atoms with Gasteiger partial charge < -0.3 is 9.51 Å². The highest BCUT2D eigenvalue weighted by Crippen LogP contribution is 2.25. The van der Waals surface area contributed by atoms with Gasteiger partial charge in [-0.2, -0.15) is 4.98 Å². The summed E-state index contributed by atoms with van der Waals surface area (Å²) < 4.78 is 6.71. The van der Waals surface area contributed by atoms with E-state index in [1.54, 1.807) is 30.0 Å². The van der Waals surface area contributed by atoms with Crippen LogP contribution in [0.2, 0.25) is 0 Å². The second-order valence-corrected chi connectivity index (χ2v) is 8.77. The van der Waals surface area contributed by atoms with E-state index in [1.165, 1.54) is 10.1 Å². The summed E-state index contributed by atoms with van der Waals surface area (Å²) in [5, 5.41) is 4.52. The van der Waals surface area contributed by atoms with Gasteiger partial charge in [-0.05, 0) is 67.1 Å². The molecule has 34 heavy (non-hydrogen) atoms. The molecule has 0 saturated carbocycles. The van der Waals surface area contributed by atoms with Gasteiger partial charge in [-0.25, -0.2) is 4.79 Å². The van der Waals surface area contributed by atoms with Crippen molar-refractivity contribution in [3.63, 3.8) is 0 Å². The number of aromatic amines is 1. The van der Waals surface area contributed by atoms with Crippen LogP contribution in [0.4, 0.5) is 0 Å². The van der Waals surface area contributed by atoms with Crippen LogP contribution in [0.25, 0.3) is 33.7 Å². The lowest BCUT2D eigenvalue weighted by atomic mass is 10.1. The van der Waals surface area contributed by atoms with E-state index in [4.69, 9.17) is 4.52 Å². The van der Waals surface area contributed by atoms with Gasteiger partial charge in [0.25, 0.3) is 11.4 Å². The Bertz CT molecular complexity index is 1550. The number of hydrogen-bond acceptors (Lipinski definition) is 6. The summed E-state index contributed by atoms with van der Waals surface area (Å²) in [6, 6.07) is 23.0. The minimum absolute atomic E-state index is 0.307. The Balaban J connectivity index is 1.39. The highest BCUT2D eigenvalue weighted by molar-refractivity contribution is 7.98. The minimum atomic E-state index is -0.428. The van der Waals surface area contributed by atoms with Crippen molar-refractivity contribution in [1.29, 1.82) is 0 Å². The van der Waals surface area contributed by atoms with Crippen LogP contribution >= 0.6 is 11.8 Å². The Kier molecular flexibility index (Phi) is 6.14. The maximum atomic E-state index is 13.0. The van der Waals surface area contributed by atoms with Crippen LogP contribution in [0.15, 0.2) is 91.8 Å². The lowest BCUT2D eigenvalue weighted by molar-refractivity contribution is 0.432. The molecule has 8 heteroatoms. The van der Waals surface area contributed by atoms with E-state index >= 15 is 0 Å². The third-order valence-electron chi connectivity index (χ3n) is 5.69. The highest BCUT2D eigenvalue weighted by Gasteiger charge is 2.14. The number of benzene rings is 3. The Morgan fingerprint density at radius 1 is 0.971 bits per heavy atom. The number of fused-ring (bicyclic) bond motifs is 1. The second-order valence-electron chi connectivity index (χ2n) is 7.89. The first-order valence-corrected chi connectivity index (χ1v) is 12.1. The maximum absolute atomic E-state index is 13.0. The van der Waals surface area contributed by atoms with Gasteiger partial charge in [-0.1, -0.05) is 35.5 Å². The molecule has 0 amide bonds. The number of H-pyrrole nitrogens is 1. The van der Waals surface area contributed by atoms with E-state index in [9.17, 15) is 9.59 Å². The van der Waals surface area contributed by atoms with E-state index in [0.717, 1.165) is 16.9 Å². The molecular formula is C26H22N4O3S. The summed E-state index contributed by atoms with van der Waals surface area (Å²) >= 11 is 1.66. The first-order chi connectivity index (χ1) is 16.6. The summed E-state index contributed by atoms with van der Waals surface area (Å²) in [5.74, 6) is 0.795. The average Bonchev–Trinajstić information content (AvgIpc) is 3.37. The van der Waals surface area contributed by atoms with Crippen LogP contribution in [0.1, 0.15) is 12.0 Å². The molecule has 2 heterocycles. The number of nitrogens with one attached hydrogen (secondary N) is 1. The molecule has 5 rings (SSSR count). The average molecular weight is 471 g/mol. The molecule has 7 nitrogen and oxygen atoms in total. The fourth-order valence-electron chi connectivity index (χ4n) is 3.87. The topological polar surface area (TPSA) is 93.8 Å². The summed E-state index contributed by atoms with van der Waals surface area (Å²) in [4.78, 5) is 34.1. The van der Waals surface area contributed by atoms with Gasteiger partial charge in [-0.15, -0.1) is 11.8 Å². The molecule has 0 unspecified atom stereocenters. The zero-order chi connectivity index (χ0) is 23.5. The van der Waals surface area contributed by atoms with Gasteiger partial charge in [0.15, 0.2) is 0 Å². The standard InChI is InChI=1S/C26H22N4O3S/c1-34-20-12-9-18(10-13-20)23-28-24(33-29-23)19-11-14-21-22(16-19)27-26(32)30(25(21)31)15-5-8-17-6-3-2-4-7-17/h2-4,6-7,9-14,16H,5,8,15H2,1H3,(H,27,32). The van der Waals surface area contributed by atoms with Crippen molar-refractivity contribution in [1.82, 2.24) is 19.7 Å². The third kappa shape index (κ3) is 4.45. The third-order valence-corrected chi connectivity index (χ3v) is 6.44. The SMILES string of the molecule is CSc1ccc(-c2noc(-c3ccc4c(=O)n(CCCc5ccccc5)c(=O)[nH]c4c3)n2)cc1. The normalized spacial score (nSPS) is 11.2. The van der Waals surface area contributed by atoms with Crippen molar-refractivity contribution in [2.75, 3.05) is 6.26 Å². The Labute approximate surface area is 199 Å². The van der Waals surface area contributed by atoms with Crippen molar-refractivity contribution < 1.29 is 4.52 Å². The molecule has 5 aromatic rings. The molecule has 0 saturated heterocycles. The zero-order valence-electron chi connectivity index (χ0n) is 18.5. The number of aryl methyl sites for hydroxylation is 1. The summed E-state index contributed by atoms with van der Waals surface area (Å²) in [6.07, 6.45) is 3.51. The van der Waals surface area contributed by atoms with Crippen molar-refractivity contribution in [3.8, 4) is 22.8 Å². The second kappa shape index (κ2) is 9.52.